The van der Waals surface area contributed by atoms with Gasteiger partial charge in [0.05, 0.1) is 5.69 Å². The predicted octanol–water partition coefficient (Wildman–Crippen LogP) is 1.10. The van der Waals surface area contributed by atoms with Crippen LogP contribution < -0.4 is 5.32 Å². The van der Waals surface area contributed by atoms with E-state index in [-0.39, 0.29) is 5.91 Å². The van der Waals surface area contributed by atoms with Gasteiger partial charge in [-0.1, -0.05) is 0 Å². The molecule has 0 aromatic carbocycles. The van der Waals surface area contributed by atoms with E-state index in [0.29, 0.717) is 5.82 Å². The van der Waals surface area contributed by atoms with Crippen LogP contribution in [0.4, 0.5) is 5.82 Å². The number of anilines is 1. The molecule has 2 aromatic heterocycles. The van der Waals surface area contributed by atoms with Crippen molar-refractivity contribution in [3.05, 3.63) is 35.8 Å². The van der Waals surface area contributed by atoms with Gasteiger partial charge < -0.3 is 5.32 Å². The van der Waals surface area contributed by atoms with Crippen molar-refractivity contribution in [1.82, 2.24) is 20.0 Å². The molecule has 0 fully saturated rings. The van der Waals surface area contributed by atoms with Crippen molar-refractivity contribution in [1.29, 1.82) is 0 Å². The van der Waals surface area contributed by atoms with Gasteiger partial charge in [0.15, 0.2) is 5.82 Å². The average Bonchev–Trinajstić information content (AvgIpc) is 2.85. The van der Waals surface area contributed by atoms with Gasteiger partial charge in [0.2, 0.25) is 5.91 Å². The molecular formula is C11H13N5O. The van der Waals surface area contributed by atoms with Gasteiger partial charge in [-0.25, -0.2) is 0 Å². The van der Waals surface area contributed by atoms with E-state index in [1.807, 2.05) is 20.0 Å². The Balaban J connectivity index is 1.98. The highest BCUT2D eigenvalue weighted by atomic mass is 16.1. The Hall–Kier alpha value is -2.37. The highest BCUT2D eigenvalue weighted by molar-refractivity contribution is 6.01. The van der Waals surface area contributed by atoms with Crippen molar-refractivity contribution in [3.63, 3.8) is 0 Å². The first-order valence-corrected chi connectivity index (χ1v) is 5.14. The van der Waals surface area contributed by atoms with E-state index >= 15 is 0 Å². The summed E-state index contributed by atoms with van der Waals surface area (Å²) in [6.45, 7) is 1.87. The molecular weight excluding hydrogens is 218 g/mol. The van der Waals surface area contributed by atoms with E-state index in [1.54, 1.807) is 23.0 Å². The zero-order chi connectivity index (χ0) is 12.3. The minimum absolute atomic E-state index is 0.224. The van der Waals surface area contributed by atoms with Crippen LogP contribution in [-0.4, -0.2) is 25.9 Å². The Morgan fingerprint density at radius 2 is 2.41 bits per heavy atom. The van der Waals surface area contributed by atoms with Gasteiger partial charge in [-0.2, -0.15) is 10.2 Å². The molecule has 0 bridgehead atoms. The lowest BCUT2D eigenvalue weighted by Gasteiger charge is -1.96. The maximum absolute atomic E-state index is 11.5. The molecule has 2 N–H and O–H groups in total. The van der Waals surface area contributed by atoms with Gasteiger partial charge in [0.25, 0.3) is 0 Å². The minimum atomic E-state index is -0.224. The highest BCUT2D eigenvalue weighted by Crippen LogP contribution is 2.04. The van der Waals surface area contributed by atoms with Crippen LogP contribution >= 0.6 is 0 Å². The van der Waals surface area contributed by atoms with Crippen LogP contribution in [0.15, 0.2) is 24.4 Å². The van der Waals surface area contributed by atoms with Gasteiger partial charge in [0.1, 0.15) is 0 Å². The summed E-state index contributed by atoms with van der Waals surface area (Å²) in [7, 11) is 1.81. The number of aromatic amines is 1. The molecule has 17 heavy (non-hydrogen) atoms. The second-order valence-corrected chi connectivity index (χ2v) is 3.64. The quantitative estimate of drug-likeness (QED) is 0.777. The van der Waals surface area contributed by atoms with Crippen LogP contribution in [0.5, 0.6) is 0 Å². The van der Waals surface area contributed by atoms with Crippen molar-refractivity contribution in [2.45, 2.75) is 6.92 Å². The number of carbonyl (C=O) groups excluding carboxylic acids is 1. The summed E-state index contributed by atoms with van der Waals surface area (Å²) in [4.78, 5) is 11.5. The van der Waals surface area contributed by atoms with Gasteiger partial charge in [-0.3, -0.25) is 14.6 Å². The van der Waals surface area contributed by atoms with Gasteiger partial charge in [0, 0.05) is 31.1 Å². The summed E-state index contributed by atoms with van der Waals surface area (Å²) in [5.74, 6) is 0.292. The third kappa shape index (κ3) is 2.81. The Bertz CT molecular complexity index is 552. The van der Waals surface area contributed by atoms with E-state index in [2.05, 4.69) is 20.6 Å². The van der Waals surface area contributed by atoms with E-state index in [1.165, 1.54) is 6.08 Å². The van der Waals surface area contributed by atoms with Crippen molar-refractivity contribution in [2.75, 3.05) is 5.32 Å². The first kappa shape index (κ1) is 11.1. The van der Waals surface area contributed by atoms with Gasteiger partial charge >= 0.3 is 0 Å². The Kier molecular flexibility index (Phi) is 3.04. The molecule has 0 radical (unpaired) electrons. The molecule has 0 saturated heterocycles. The lowest BCUT2D eigenvalue weighted by atomic mass is 10.3. The maximum atomic E-state index is 11.5. The molecule has 6 nitrogen and oxygen atoms in total. The SMILES string of the molecule is Cc1cc(NC(=O)C=Cc2ccnn2C)n[nH]1. The summed E-state index contributed by atoms with van der Waals surface area (Å²) in [5, 5.41) is 13.3. The first-order valence-electron chi connectivity index (χ1n) is 5.14. The zero-order valence-corrected chi connectivity index (χ0v) is 9.64. The number of hydrogen-bond donors (Lipinski definition) is 2. The molecule has 2 heterocycles. The molecule has 1 amide bonds. The van der Waals surface area contributed by atoms with Crippen molar-refractivity contribution < 1.29 is 4.79 Å². The lowest BCUT2D eigenvalue weighted by molar-refractivity contribution is -0.111. The smallest absolute Gasteiger partial charge is 0.249 e. The van der Waals surface area contributed by atoms with Crippen LogP contribution in [0, 0.1) is 6.92 Å². The Morgan fingerprint density at radius 1 is 1.59 bits per heavy atom. The standard InChI is InChI=1S/C11H13N5O/c1-8-7-10(15-14-8)13-11(17)4-3-9-5-6-12-16(9)2/h3-7H,1-2H3,(H2,13,14,15,17). The van der Waals surface area contributed by atoms with Crippen LogP contribution in [0.2, 0.25) is 0 Å². The van der Waals surface area contributed by atoms with Crippen LogP contribution in [0.1, 0.15) is 11.4 Å². The van der Waals surface area contributed by atoms with E-state index < -0.39 is 0 Å². The molecule has 6 heteroatoms. The van der Waals surface area contributed by atoms with E-state index in [9.17, 15) is 4.79 Å². The summed E-state index contributed by atoms with van der Waals surface area (Å²) >= 11 is 0. The fraction of sp³-hybridized carbons (Fsp3) is 0.182. The number of hydrogen-bond acceptors (Lipinski definition) is 3. The van der Waals surface area contributed by atoms with Crippen molar-refractivity contribution >= 4 is 17.8 Å². The number of aryl methyl sites for hydroxylation is 2. The molecule has 88 valence electrons. The summed E-state index contributed by atoms with van der Waals surface area (Å²) < 4.78 is 1.68. The van der Waals surface area contributed by atoms with Crippen LogP contribution in [-0.2, 0) is 11.8 Å². The molecule has 0 atom stereocenters. The molecule has 2 aromatic rings. The number of nitrogens with one attached hydrogen (secondary N) is 2. The average molecular weight is 231 g/mol. The minimum Gasteiger partial charge on any atom is -0.306 e. The largest absolute Gasteiger partial charge is 0.306 e. The maximum Gasteiger partial charge on any atom is 0.249 e. The summed E-state index contributed by atoms with van der Waals surface area (Å²) in [6.07, 6.45) is 4.82. The molecule has 0 unspecified atom stereocenters. The van der Waals surface area contributed by atoms with Crippen molar-refractivity contribution in [3.8, 4) is 0 Å². The summed E-state index contributed by atoms with van der Waals surface area (Å²) in [6, 6.07) is 3.58. The Morgan fingerprint density at radius 3 is 3.00 bits per heavy atom. The predicted molar refractivity (Wildman–Crippen MR) is 64.2 cm³/mol. The Labute approximate surface area is 98.3 Å². The molecule has 2 rings (SSSR count). The molecule has 0 aliphatic heterocycles. The normalized spacial score (nSPS) is 10.9. The van der Waals surface area contributed by atoms with Crippen LogP contribution in [0.3, 0.4) is 0 Å². The second kappa shape index (κ2) is 4.65. The van der Waals surface area contributed by atoms with Gasteiger partial charge in [-0.15, -0.1) is 0 Å². The molecule has 0 aliphatic carbocycles. The fourth-order valence-corrected chi connectivity index (χ4v) is 1.36. The molecule has 0 saturated carbocycles. The number of amides is 1. The fourth-order valence-electron chi connectivity index (χ4n) is 1.36. The topological polar surface area (TPSA) is 75.6 Å². The number of rotatable bonds is 3. The summed E-state index contributed by atoms with van der Waals surface area (Å²) in [5.41, 5.74) is 1.76. The van der Waals surface area contributed by atoms with Crippen LogP contribution in [0.25, 0.3) is 6.08 Å². The highest BCUT2D eigenvalue weighted by Gasteiger charge is 2.01. The zero-order valence-electron chi connectivity index (χ0n) is 9.64. The number of nitrogens with zero attached hydrogens (tertiary/aromatic N) is 3. The van der Waals surface area contributed by atoms with Gasteiger partial charge in [-0.05, 0) is 19.1 Å². The number of aromatic nitrogens is 4. The number of H-pyrrole nitrogens is 1. The first-order chi connectivity index (χ1) is 8.15. The van der Waals surface area contributed by atoms with E-state index in [0.717, 1.165) is 11.4 Å². The second-order valence-electron chi connectivity index (χ2n) is 3.64. The van der Waals surface area contributed by atoms with E-state index in [4.69, 9.17) is 0 Å². The molecule has 0 aliphatic rings. The number of carbonyl (C=O) groups is 1. The molecule has 0 spiro atoms. The monoisotopic (exact) mass is 231 g/mol. The third-order valence-electron chi connectivity index (χ3n) is 2.22. The third-order valence-corrected chi connectivity index (χ3v) is 2.22. The van der Waals surface area contributed by atoms with Crippen molar-refractivity contribution in [2.24, 2.45) is 7.05 Å². The lowest BCUT2D eigenvalue weighted by Crippen LogP contribution is -2.08.